The number of rotatable bonds is 7. The molecule has 5 rings (SSSR count). The second-order valence-corrected chi connectivity index (χ2v) is 9.93. The fraction of sp³-hybridized carbons (Fsp3) is 0.345. The summed E-state index contributed by atoms with van der Waals surface area (Å²) in [6, 6.07) is 14.2. The largest absolute Gasteiger partial charge is 0.573 e. The van der Waals surface area contributed by atoms with Crippen molar-refractivity contribution < 1.29 is 23.0 Å². The molecular formula is C29H30F3N3O2. The minimum atomic E-state index is -4.72. The van der Waals surface area contributed by atoms with Gasteiger partial charge in [-0.1, -0.05) is 18.2 Å². The third kappa shape index (κ3) is 6.25. The summed E-state index contributed by atoms with van der Waals surface area (Å²) in [5.41, 5.74) is 4.35. The maximum absolute atomic E-state index is 12.4. The zero-order chi connectivity index (χ0) is 26.0. The normalized spacial score (nSPS) is 15.4. The minimum Gasteiger partial charge on any atom is -0.494 e. The second-order valence-electron chi connectivity index (χ2n) is 9.93. The molecule has 0 atom stereocenters. The maximum Gasteiger partial charge on any atom is 0.573 e. The Kier molecular flexibility index (Phi) is 7.11. The van der Waals surface area contributed by atoms with Gasteiger partial charge in [0.2, 0.25) is 0 Å². The van der Waals surface area contributed by atoms with Crippen LogP contribution in [-0.4, -0.2) is 39.0 Å². The van der Waals surface area contributed by atoms with Crippen LogP contribution in [0.5, 0.6) is 11.6 Å². The average Bonchev–Trinajstić information content (AvgIpc) is 3.16. The Balaban J connectivity index is 1.24. The van der Waals surface area contributed by atoms with Crippen LogP contribution in [0.4, 0.5) is 13.2 Å². The number of likely N-dealkylation sites (tertiary alicyclic amines) is 1. The van der Waals surface area contributed by atoms with Crippen molar-refractivity contribution in [3.05, 3.63) is 89.4 Å². The van der Waals surface area contributed by atoms with Crippen LogP contribution < -0.4 is 4.74 Å². The van der Waals surface area contributed by atoms with Crippen LogP contribution in [0.15, 0.2) is 67.1 Å². The number of aryl methyl sites for hydroxylation is 1. The van der Waals surface area contributed by atoms with Gasteiger partial charge in [0.05, 0.1) is 6.54 Å². The van der Waals surface area contributed by atoms with Gasteiger partial charge >= 0.3 is 6.36 Å². The fourth-order valence-electron chi connectivity index (χ4n) is 5.33. The molecule has 37 heavy (non-hydrogen) atoms. The van der Waals surface area contributed by atoms with Gasteiger partial charge in [-0.3, -0.25) is 9.88 Å². The molecule has 4 aromatic rings. The van der Waals surface area contributed by atoms with Crippen molar-refractivity contribution in [2.45, 2.75) is 45.6 Å². The van der Waals surface area contributed by atoms with E-state index in [0.717, 1.165) is 60.8 Å². The molecule has 1 aliphatic rings. The summed E-state index contributed by atoms with van der Waals surface area (Å²) in [4.78, 5) is 6.59. The molecular weight excluding hydrogens is 479 g/mol. The van der Waals surface area contributed by atoms with Crippen molar-refractivity contribution in [2.75, 3.05) is 13.1 Å². The van der Waals surface area contributed by atoms with Gasteiger partial charge in [0, 0.05) is 35.9 Å². The second kappa shape index (κ2) is 10.5. The Hall–Kier alpha value is -3.52. The van der Waals surface area contributed by atoms with E-state index in [-0.39, 0.29) is 11.6 Å². The van der Waals surface area contributed by atoms with Gasteiger partial charge < -0.3 is 14.4 Å². The third-order valence-electron chi connectivity index (χ3n) is 7.11. The lowest BCUT2D eigenvalue weighted by Gasteiger charge is -2.32. The summed E-state index contributed by atoms with van der Waals surface area (Å²) in [5, 5.41) is 12.7. The van der Waals surface area contributed by atoms with E-state index in [1.165, 1.54) is 23.3 Å². The van der Waals surface area contributed by atoms with E-state index in [1.807, 2.05) is 25.5 Å². The first kappa shape index (κ1) is 25.1. The van der Waals surface area contributed by atoms with Gasteiger partial charge in [-0.25, -0.2) is 0 Å². The van der Waals surface area contributed by atoms with Gasteiger partial charge in [0.1, 0.15) is 5.75 Å². The highest BCUT2D eigenvalue weighted by atomic mass is 19.4. The van der Waals surface area contributed by atoms with E-state index in [9.17, 15) is 18.3 Å². The molecule has 0 bridgehead atoms. The Morgan fingerprint density at radius 1 is 0.946 bits per heavy atom. The Morgan fingerprint density at radius 2 is 1.62 bits per heavy atom. The standard InChI is InChI=1S/C29H30F3N3O2/c1-20-14-24(15-21-8-12-34(13-9-21)17-23-6-10-33-11-7-23)16-25-19-35(28(36)27(20)25)18-22-2-4-26(5-3-22)37-29(30,31)32/h2-7,10-11,14,16,19,21,36H,8-9,12-13,15,17-18H2,1H3. The van der Waals surface area contributed by atoms with E-state index in [2.05, 4.69) is 38.9 Å². The number of ether oxygens (including phenoxy) is 1. The van der Waals surface area contributed by atoms with Crippen LogP contribution in [0.25, 0.3) is 10.8 Å². The number of hydrogen-bond acceptors (Lipinski definition) is 4. The summed E-state index contributed by atoms with van der Waals surface area (Å²) in [5.74, 6) is 0.527. The first-order chi connectivity index (χ1) is 17.7. The Labute approximate surface area is 214 Å². The van der Waals surface area contributed by atoms with E-state index in [4.69, 9.17) is 0 Å². The van der Waals surface area contributed by atoms with Crippen LogP contribution in [0.2, 0.25) is 0 Å². The molecule has 1 fully saturated rings. The number of nitrogens with zero attached hydrogens (tertiary/aromatic N) is 3. The van der Waals surface area contributed by atoms with Crippen LogP contribution in [0.1, 0.15) is 35.1 Å². The zero-order valence-corrected chi connectivity index (χ0v) is 20.7. The summed E-state index contributed by atoms with van der Waals surface area (Å²) in [6.07, 6.45) is 4.20. The SMILES string of the molecule is Cc1cc(CC2CCN(Cc3ccncc3)CC2)cc2cn(Cc3ccc(OC(F)(F)F)cc3)c(O)c12. The maximum atomic E-state index is 12.4. The molecule has 2 aromatic carbocycles. The number of aromatic nitrogens is 2. The molecule has 8 heteroatoms. The van der Waals surface area contributed by atoms with Gasteiger partial charge in [-0.15, -0.1) is 13.2 Å². The lowest BCUT2D eigenvalue weighted by atomic mass is 9.89. The third-order valence-corrected chi connectivity index (χ3v) is 7.11. The fourth-order valence-corrected chi connectivity index (χ4v) is 5.33. The molecule has 194 valence electrons. The Morgan fingerprint density at radius 3 is 2.30 bits per heavy atom. The lowest BCUT2D eigenvalue weighted by molar-refractivity contribution is -0.274. The van der Waals surface area contributed by atoms with Crippen LogP contribution in [0.3, 0.4) is 0 Å². The summed E-state index contributed by atoms with van der Waals surface area (Å²) in [7, 11) is 0. The van der Waals surface area contributed by atoms with Crippen molar-refractivity contribution in [3.63, 3.8) is 0 Å². The van der Waals surface area contributed by atoms with Gasteiger partial charge in [-0.05, 0) is 97.8 Å². The van der Waals surface area contributed by atoms with E-state index in [1.54, 1.807) is 16.7 Å². The molecule has 0 spiro atoms. The molecule has 0 unspecified atom stereocenters. The number of benzene rings is 2. The number of aromatic hydroxyl groups is 1. The minimum absolute atomic E-state index is 0.166. The molecule has 2 aromatic heterocycles. The van der Waals surface area contributed by atoms with Gasteiger partial charge in [0.15, 0.2) is 5.88 Å². The Bertz CT molecular complexity index is 1340. The number of alkyl halides is 3. The van der Waals surface area contributed by atoms with Crippen LogP contribution in [-0.2, 0) is 19.5 Å². The first-order valence-electron chi connectivity index (χ1n) is 12.5. The van der Waals surface area contributed by atoms with Crippen molar-refractivity contribution in [2.24, 2.45) is 5.92 Å². The van der Waals surface area contributed by atoms with Crippen LogP contribution in [0, 0.1) is 12.8 Å². The first-order valence-corrected chi connectivity index (χ1v) is 12.5. The topological polar surface area (TPSA) is 50.5 Å². The number of halogens is 3. The predicted molar refractivity (Wildman–Crippen MR) is 137 cm³/mol. The molecule has 0 radical (unpaired) electrons. The molecule has 1 N–H and O–H groups in total. The molecule has 3 heterocycles. The van der Waals surface area contributed by atoms with E-state index in [0.29, 0.717) is 12.5 Å². The smallest absolute Gasteiger partial charge is 0.494 e. The molecule has 1 aliphatic heterocycles. The van der Waals surface area contributed by atoms with Crippen molar-refractivity contribution >= 4 is 10.8 Å². The number of piperidine rings is 1. The van der Waals surface area contributed by atoms with E-state index >= 15 is 0 Å². The summed E-state index contributed by atoms with van der Waals surface area (Å²) >= 11 is 0. The summed E-state index contributed by atoms with van der Waals surface area (Å²) in [6.45, 7) is 5.48. The molecule has 0 saturated carbocycles. The molecule has 0 amide bonds. The predicted octanol–water partition coefficient (Wildman–Crippen LogP) is 6.45. The molecule has 0 aliphatic carbocycles. The highest BCUT2D eigenvalue weighted by Gasteiger charge is 2.31. The van der Waals surface area contributed by atoms with Crippen LogP contribution >= 0.6 is 0 Å². The number of fused-ring (bicyclic) bond motifs is 1. The summed E-state index contributed by atoms with van der Waals surface area (Å²) < 4.78 is 42.9. The molecule has 1 saturated heterocycles. The van der Waals surface area contributed by atoms with Gasteiger partial charge in [0.25, 0.3) is 0 Å². The number of pyridine rings is 1. The average molecular weight is 510 g/mol. The van der Waals surface area contributed by atoms with Crippen molar-refractivity contribution in [3.8, 4) is 11.6 Å². The number of hydrogen-bond donors (Lipinski definition) is 1. The highest BCUT2D eigenvalue weighted by molar-refractivity contribution is 5.91. The van der Waals surface area contributed by atoms with Gasteiger partial charge in [-0.2, -0.15) is 0 Å². The monoisotopic (exact) mass is 509 g/mol. The van der Waals surface area contributed by atoms with Crippen molar-refractivity contribution in [1.82, 2.24) is 14.5 Å². The lowest BCUT2D eigenvalue weighted by Crippen LogP contribution is -2.33. The molecule has 5 nitrogen and oxygen atoms in total. The zero-order valence-electron chi connectivity index (χ0n) is 20.7. The van der Waals surface area contributed by atoms with Crippen molar-refractivity contribution in [1.29, 1.82) is 0 Å². The highest BCUT2D eigenvalue weighted by Crippen LogP contribution is 2.34. The quantitative estimate of drug-likeness (QED) is 0.311. The van der Waals surface area contributed by atoms with E-state index < -0.39 is 6.36 Å².